The maximum absolute atomic E-state index is 4.33. The molecule has 0 saturated heterocycles. The van der Waals surface area contributed by atoms with Crippen molar-refractivity contribution in [2.45, 2.75) is 26.7 Å². The second kappa shape index (κ2) is 4.49. The average Bonchev–Trinajstić information content (AvgIpc) is 2.68. The van der Waals surface area contributed by atoms with E-state index < -0.39 is 0 Å². The van der Waals surface area contributed by atoms with Crippen molar-refractivity contribution in [1.29, 1.82) is 0 Å². The predicted octanol–water partition coefficient (Wildman–Crippen LogP) is 2.86. The minimum atomic E-state index is 0.915. The molecule has 0 aliphatic rings. The monoisotopic (exact) mass is 219 g/mol. The first kappa shape index (κ1) is 10.2. The van der Waals surface area contributed by atoms with Gasteiger partial charge in [0, 0.05) is 12.6 Å². The van der Waals surface area contributed by atoms with Crippen molar-refractivity contribution < 1.29 is 0 Å². The van der Waals surface area contributed by atoms with Gasteiger partial charge in [-0.15, -0.1) is 10.2 Å². The van der Waals surface area contributed by atoms with E-state index in [-0.39, 0.29) is 0 Å². The van der Waals surface area contributed by atoms with Crippen LogP contribution in [0.2, 0.25) is 0 Å². The van der Waals surface area contributed by atoms with Crippen LogP contribution in [0.4, 0.5) is 0 Å². The Morgan fingerprint density at radius 3 is 2.80 bits per heavy atom. The zero-order chi connectivity index (χ0) is 10.7. The van der Waals surface area contributed by atoms with Crippen LogP contribution in [0, 0.1) is 6.92 Å². The Labute approximate surface area is 93.2 Å². The fraction of sp³-hybridized carbons (Fsp3) is 0.364. The summed E-state index contributed by atoms with van der Waals surface area (Å²) in [6, 6.07) is 4.04. The maximum atomic E-state index is 4.33. The summed E-state index contributed by atoms with van der Waals surface area (Å²) < 4.78 is 0. The molecule has 0 aromatic carbocycles. The van der Waals surface area contributed by atoms with Crippen molar-refractivity contribution in [2.24, 2.45) is 0 Å². The highest BCUT2D eigenvalue weighted by Crippen LogP contribution is 2.22. The molecule has 2 rings (SSSR count). The summed E-state index contributed by atoms with van der Waals surface area (Å²) in [5.41, 5.74) is 2.08. The molecule has 3 nitrogen and oxygen atoms in total. The molecule has 2 aromatic rings. The van der Waals surface area contributed by atoms with E-state index in [9.17, 15) is 0 Å². The van der Waals surface area contributed by atoms with Crippen molar-refractivity contribution in [3.8, 4) is 10.7 Å². The van der Waals surface area contributed by atoms with Gasteiger partial charge >= 0.3 is 0 Å². The van der Waals surface area contributed by atoms with Crippen LogP contribution in [0.1, 0.15) is 23.9 Å². The molecule has 2 aromatic heterocycles. The van der Waals surface area contributed by atoms with Crippen LogP contribution in [0.15, 0.2) is 18.3 Å². The van der Waals surface area contributed by atoms with Crippen molar-refractivity contribution in [2.75, 3.05) is 0 Å². The largest absolute Gasteiger partial charge is 0.253 e. The number of aryl methyl sites for hydroxylation is 2. The van der Waals surface area contributed by atoms with Gasteiger partial charge in [-0.1, -0.05) is 24.3 Å². The van der Waals surface area contributed by atoms with Gasteiger partial charge in [-0.2, -0.15) is 0 Å². The summed E-state index contributed by atoms with van der Waals surface area (Å²) in [5, 5.41) is 10.3. The molecule has 15 heavy (non-hydrogen) atoms. The number of pyridine rings is 1. The molecule has 0 bridgehead atoms. The van der Waals surface area contributed by atoms with Gasteiger partial charge in [0.1, 0.15) is 10.7 Å². The molecule has 0 atom stereocenters. The van der Waals surface area contributed by atoms with Crippen molar-refractivity contribution in [1.82, 2.24) is 15.2 Å². The third-order valence-electron chi connectivity index (χ3n) is 2.06. The topological polar surface area (TPSA) is 38.7 Å². The second-order valence-electron chi connectivity index (χ2n) is 3.47. The van der Waals surface area contributed by atoms with Crippen molar-refractivity contribution in [3.63, 3.8) is 0 Å². The van der Waals surface area contributed by atoms with Gasteiger partial charge in [0.05, 0.1) is 0 Å². The summed E-state index contributed by atoms with van der Waals surface area (Å²) in [6.07, 6.45) is 3.97. The first-order chi connectivity index (χ1) is 7.29. The first-order valence-corrected chi connectivity index (χ1v) is 5.86. The minimum Gasteiger partial charge on any atom is -0.253 e. The Bertz CT molecular complexity index is 433. The second-order valence-corrected chi connectivity index (χ2v) is 4.53. The molecule has 0 aliphatic heterocycles. The molecule has 0 amide bonds. The third kappa shape index (κ3) is 2.39. The van der Waals surface area contributed by atoms with Gasteiger partial charge in [0.25, 0.3) is 0 Å². The van der Waals surface area contributed by atoms with Gasteiger partial charge in [0.2, 0.25) is 0 Å². The van der Waals surface area contributed by atoms with Crippen LogP contribution in [0.5, 0.6) is 0 Å². The van der Waals surface area contributed by atoms with Crippen LogP contribution in [0.3, 0.4) is 0 Å². The maximum Gasteiger partial charge on any atom is 0.166 e. The summed E-state index contributed by atoms with van der Waals surface area (Å²) in [7, 11) is 0. The highest BCUT2D eigenvalue weighted by atomic mass is 32.1. The fourth-order valence-electron chi connectivity index (χ4n) is 1.27. The van der Waals surface area contributed by atoms with Crippen LogP contribution in [-0.2, 0) is 6.42 Å². The quantitative estimate of drug-likeness (QED) is 0.796. The number of hydrogen-bond acceptors (Lipinski definition) is 4. The summed E-state index contributed by atoms with van der Waals surface area (Å²) >= 11 is 1.63. The molecule has 0 radical (unpaired) electrons. The van der Waals surface area contributed by atoms with Crippen molar-refractivity contribution in [3.05, 3.63) is 28.9 Å². The molecule has 0 aliphatic carbocycles. The van der Waals surface area contributed by atoms with E-state index >= 15 is 0 Å². The van der Waals surface area contributed by atoms with E-state index in [2.05, 4.69) is 22.1 Å². The standard InChI is InChI=1S/C11H13N3S/c1-3-4-10-13-14-11(15-10)9-6-5-8(2)7-12-9/h5-7H,3-4H2,1-2H3. The third-order valence-corrected chi connectivity index (χ3v) is 3.07. The van der Waals surface area contributed by atoms with Crippen LogP contribution in [-0.4, -0.2) is 15.2 Å². The van der Waals surface area contributed by atoms with E-state index in [1.807, 2.05) is 25.3 Å². The Hall–Kier alpha value is -1.29. The average molecular weight is 219 g/mol. The molecule has 0 saturated carbocycles. The van der Waals surface area contributed by atoms with Gasteiger partial charge in [0.15, 0.2) is 5.01 Å². The van der Waals surface area contributed by atoms with Crippen LogP contribution in [0.25, 0.3) is 10.7 Å². The normalized spacial score (nSPS) is 10.5. The Kier molecular flexibility index (Phi) is 3.06. The SMILES string of the molecule is CCCc1nnc(-c2ccc(C)cn2)s1. The van der Waals surface area contributed by atoms with Gasteiger partial charge in [-0.25, -0.2) is 0 Å². The van der Waals surface area contributed by atoms with Gasteiger partial charge in [-0.3, -0.25) is 4.98 Å². The molecule has 78 valence electrons. The van der Waals surface area contributed by atoms with E-state index in [4.69, 9.17) is 0 Å². The molecule has 2 heterocycles. The Morgan fingerprint density at radius 2 is 2.13 bits per heavy atom. The number of hydrogen-bond donors (Lipinski definition) is 0. The predicted molar refractivity (Wildman–Crippen MR) is 61.9 cm³/mol. The molecule has 0 unspecified atom stereocenters. The van der Waals surface area contributed by atoms with Gasteiger partial charge < -0.3 is 0 Å². The van der Waals surface area contributed by atoms with Gasteiger partial charge in [-0.05, 0) is 25.0 Å². The lowest BCUT2D eigenvalue weighted by atomic mass is 10.3. The lowest BCUT2D eigenvalue weighted by Crippen LogP contribution is -1.83. The minimum absolute atomic E-state index is 0.915. The summed E-state index contributed by atoms with van der Waals surface area (Å²) in [5.74, 6) is 0. The van der Waals surface area contributed by atoms with E-state index in [0.717, 1.165) is 34.1 Å². The smallest absolute Gasteiger partial charge is 0.166 e. The molecule has 0 N–H and O–H groups in total. The Balaban J connectivity index is 2.25. The summed E-state index contributed by atoms with van der Waals surface area (Å²) in [6.45, 7) is 4.17. The van der Waals surface area contributed by atoms with E-state index in [1.54, 1.807) is 11.3 Å². The Morgan fingerprint density at radius 1 is 1.27 bits per heavy atom. The number of aromatic nitrogens is 3. The highest BCUT2D eigenvalue weighted by molar-refractivity contribution is 7.14. The molecular formula is C11H13N3S. The number of rotatable bonds is 3. The first-order valence-electron chi connectivity index (χ1n) is 5.05. The van der Waals surface area contributed by atoms with Crippen LogP contribution < -0.4 is 0 Å². The van der Waals surface area contributed by atoms with E-state index in [0.29, 0.717) is 0 Å². The lowest BCUT2D eigenvalue weighted by Gasteiger charge is -1.94. The zero-order valence-corrected chi connectivity index (χ0v) is 9.71. The number of nitrogens with zero attached hydrogens (tertiary/aromatic N) is 3. The van der Waals surface area contributed by atoms with E-state index in [1.165, 1.54) is 0 Å². The molecule has 0 spiro atoms. The fourth-order valence-corrected chi connectivity index (χ4v) is 2.18. The van der Waals surface area contributed by atoms with Crippen molar-refractivity contribution >= 4 is 11.3 Å². The zero-order valence-electron chi connectivity index (χ0n) is 8.90. The van der Waals surface area contributed by atoms with Crippen LogP contribution >= 0.6 is 11.3 Å². The molecule has 0 fully saturated rings. The summed E-state index contributed by atoms with van der Waals surface area (Å²) in [4.78, 5) is 4.33. The highest BCUT2D eigenvalue weighted by Gasteiger charge is 2.06. The molecule has 4 heteroatoms. The molecular weight excluding hydrogens is 206 g/mol. The lowest BCUT2D eigenvalue weighted by molar-refractivity contribution is 0.878.